The minimum Gasteiger partial charge on any atom is -0.504 e. The highest BCUT2D eigenvalue weighted by atomic mass is 16.5. The van der Waals surface area contributed by atoms with E-state index in [2.05, 4.69) is 0 Å². The van der Waals surface area contributed by atoms with Gasteiger partial charge in [0.15, 0.2) is 11.5 Å². The molecule has 1 saturated carbocycles. The molecule has 110 valence electrons. The fourth-order valence-electron chi connectivity index (χ4n) is 3.68. The summed E-state index contributed by atoms with van der Waals surface area (Å²) in [6.07, 6.45) is 6.84. The van der Waals surface area contributed by atoms with E-state index in [1.54, 1.807) is 0 Å². The van der Waals surface area contributed by atoms with Crippen molar-refractivity contribution < 1.29 is 14.9 Å². The monoisotopic (exact) mass is 277 g/mol. The number of nitrogens with two attached hydrogens (primary N) is 1. The fourth-order valence-corrected chi connectivity index (χ4v) is 3.68. The average molecular weight is 277 g/mol. The van der Waals surface area contributed by atoms with Crippen LogP contribution in [0.2, 0.25) is 0 Å². The summed E-state index contributed by atoms with van der Waals surface area (Å²) in [6.45, 7) is 0.401. The van der Waals surface area contributed by atoms with E-state index in [4.69, 9.17) is 10.5 Å². The van der Waals surface area contributed by atoms with Crippen molar-refractivity contribution in [2.45, 2.75) is 50.7 Å². The number of hydrogen-bond acceptors (Lipinski definition) is 4. The molecule has 1 aromatic carbocycles. The lowest BCUT2D eigenvalue weighted by atomic mass is 9.88. The summed E-state index contributed by atoms with van der Waals surface area (Å²) < 4.78 is 6.10. The third-order valence-corrected chi connectivity index (χ3v) is 4.72. The van der Waals surface area contributed by atoms with Gasteiger partial charge in [0, 0.05) is 18.5 Å². The van der Waals surface area contributed by atoms with Crippen LogP contribution in [0.25, 0.3) is 0 Å². The normalized spacial score (nSPS) is 26.6. The number of ether oxygens (including phenoxy) is 1. The summed E-state index contributed by atoms with van der Waals surface area (Å²) in [4.78, 5) is 0. The maximum Gasteiger partial charge on any atom is 0.161 e. The summed E-state index contributed by atoms with van der Waals surface area (Å²) in [6, 6.07) is 3.32. The van der Waals surface area contributed by atoms with Crippen LogP contribution in [0.5, 0.6) is 11.5 Å². The van der Waals surface area contributed by atoms with Gasteiger partial charge in [-0.15, -0.1) is 0 Å². The van der Waals surface area contributed by atoms with E-state index >= 15 is 0 Å². The van der Waals surface area contributed by atoms with Crippen LogP contribution in [0, 0.1) is 5.92 Å². The van der Waals surface area contributed by atoms with E-state index in [0.717, 1.165) is 23.5 Å². The zero-order chi connectivity index (χ0) is 14.1. The second kappa shape index (κ2) is 5.62. The van der Waals surface area contributed by atoms with Crippen molar-refractivity contribution in [3.8, 4) is 11.5 Å². The van der Waals surface area contributed by atoms with E-state index < -0.39 is 0 Å². The van der Waals surface area contributed by atoms with Gasteiger partial charge < -0.3 is 20.7 Å². The van der Waals surface area contributed by atoms with Crippen LogP contribution in [0.3, 0.4) is 0 Å². The van der Waals surface area contributed by atoms with Gasteiger partial charge in [0.1, 0.15) is 0 Å². The predicted molar refractivity (Wildman–Crippen MR) is 76.7 cm³/mol. The fraction of sp³-hybridized carbons (Fsp3) is 0.625. The van der Waals surface area contributed by atoms with E-state index in [1.807, 2.05) is 6.07 Å². The van der Waals surface area contributed by atoms with Gasteiger partial charge in [-0.2, -0.15) is 0 Å². The summed E-state index contributed by atoms with van der Waals surface area (Å²) in [5.41, 5.74) is 7.54. The molecule has 1 aliphatic heterocycles. The van der Waals surface area contributed by atoms with E-state index in [9.17, 15) is 10.2 Å². The Kier molecular flexibility index (Phi) is 3.85. The molecule has 3 rings (SSSR count). The first-order chi connectivity index (χ1) is 9.69. The molecule has 0 bridgehead atoms. The molecule has 4 heteroatoms. The van der Waals surface area contributed by atoms with E-state index in [1.165, 1.54) is 31.7 Å². The van der Waals surface area contributed by atoms with Gasteiger partial charge >= 0.3 is 0 Å². The van der Waals surface area contributed by atoms with Gasteiger partial charge in [0.25, 0.3) is 0 Å². The summed E-state index contributed by atoms with van der Waals surface area (Å²) in [7, 11) is 0. The van der Waals surface area contributed by atoms with Gasteiger partial charge in [-0.3, -0.25) is 0 Å². The molecule has 20 heavy (non-hydrogen) atoms. The van der Waals surface area contributed by atoms with Crippen molar-refractivity contribution in [3.63, 3.8) is 0 Å². The lowest BCUT2D eigenvalue weighted by Crippen LogP contribution is -2.31. The molecule has 2 aliphatic rings. The zero-order valence-corrected chi connectivity index (χ0v) is 11.7. The Hall–Kier alpha value is -1.26. The second-order valence-corrected chi connectivity index (χ2v) is 6.07. The van der Waals surface area contributed by atoms with Crippen molar-refractivity contribution >= 4 is 0 Å². The summed E-state index contributed by atoms with van der Waals surface area (Å²) in [5, 5.41) is 19.8. The maximum atomic E-state index is 10.1. The van der Waals surface area contributed by atoms with Crippen LogP contribution in [0.4, 0.5) is 0 Å². The Morgan fingerprint density at radius 2 is 1.95 bits per heavy atom. The standard InChI is InChI=1S/C16H23NO3/c17-9-15-12-5-6-14(18)16(19)13(12)8-11(20-15)7-10-3-1-2-4-10/h5-6,10-11,15,18-19H,1-4,7-9,17H2/t11-,15+/m1/s1. The molecular formula is C16H23NO3. The van der Waals surface area contributed by atoms with Crippen LogP contribution < -0.4 is 5.73 Å². The molecule has 4 N–H and O–H groups in total. The molecule has 0 aromatic heterocycles. The Labute approximate surface area is 119 Å². The third-order valence-electron chi connectivity index (χ3n) is 4.72. The summed E-state index contributed by atoms with van der Waals surface area (Å²) >= 11 is 0. The Bertz CT molecular complexity index is 483. The molecule has 0 unspecified atom stereocenters. The van der Waals surface area contributed by atoms with Gasteiger partial charge in [-0.05, 0) is 24.0 Å². The van der Waals surface area contributed by atoms with Crippen LogP contribution in [-0.4, -0.2) is 22.9 Å². The van der Waals surface area contributed by atoms with Crippen molar-refractivity contribution in [2.24, 2.45) is 11.7 Å². The second-order valence-electron chi connectivity index (χ2n) is 6.07. The van der Waals surface area contributed by atoms with E-state index in [-0.39, 0.29) is 23.7 Å². The van der Waals surface area contributed by atoms with Crippen LogP contribution in [-0.2, 0) is 11.2 Å². The Balaban J connectivity index is 1.82. The molecule has 0 saturated heterocycles. The highest BCUT2D eigenvalue weighted by Gasteiger charge is 2.31. The van der Waals surface area contributed by atoms with Crippen molar-refractivity contribution in [2.75, 3.05) is 6.54 Å². The number of hydrogen-bond donors (Lipinski definition) is 3. The molecule has 0 radical (unpaired) electrons. The first kappa shape index (κ1) is 13.7. The highest BCUT2D eigenvalue weighted by Crippen LogP contribution is 2.41. The minimum absolute atomic E-state index is 0.000622. The summed E-state index contributed by atoms with van der Waals surface area (Å²) in [5.74, 6) is 0.682. The number of rotatable bonds is 3. The molecule has 4 nitrogen and oxygen atoms in total. The minimum atomic E-state index is -0.170. The first-order valence-corrected chi connectivity index (χ1v) is 7.58. The molecule has 1 fully saturated rings. The van der Waals surface area contributed by atoms with Gasteiger partial charge in [-0.25, -0.2) is 0 Å². The number of phenols is 2. The van der Waals surface area contributed by atoms with Gasteiger partial charge in [0.2, 0.25) is 0 Å². The van der Waals surface area contributed by atoms with Crippen LogP contribution >= 0.6 is 0 Å². The van der Waals surface area contributed by atoms with Crippen molar-refractivity contribution in [3.05, 3.63) is 23.3 Å². The lowest BCUT2D eigenvalue weighted by molar-refractivity contribution is -0.0325. The largest absolute Gasteiger partial charge is 0.504 e. The predicted octanol–water partition coefficient (Wildman–Crippen LogP) is 2.62. The number of aromatic hydroxyl groups is 2. The average Bonchev–Trinajstić information content (AvgIpc) is 2.95. The van der Waals surface area contributed by atoms with E-state index in [0.29, 0.717) is 13.0 Å². The topological polar surface area (TPSA) is 75.7 Å². The maximum absolute atomic E-state index is 10.1. The smallest absolute Gasteiger partial charge is 0.161 e. The molecule has 1 heterocycles. The van der Waals surface area contributed by atoms with Crippen LogP contribution in [0.1, 0.15) is 49.3 Å². The van der Waals surface area contributed by atoms with Gasteiger partial charge in [-0.1, -0.05) is 31.7 Å². The third kappa shape index (κ3) is 2.50. The molecular weight excluding hydrogens is 254 g/mol. The van der Waals surface area contributed by atoms with Crippen molar-refractivity contribution in [1.29, 1.82) is 0 Å². The molecule has 0 spiro atoms. The Morgan fingerprint density at radius 3 is 2.65 bits per heavy atom. The molecule has 1 aliphatic carbocycles. The lowest BCUT2D eigenvalue weighted by Gasteiger charge is -2.33. The SMILES string of the molecule is NC[C@@H]1O[C@H](CC2CCCC2)Cc2c1ccc(O)c2O. The number of fused-ring (bicyclic) bond motifs is 1. The first-order valence-electron chi connectivity index (χ1n) is 7.58. The number of phenolic OH excluding ortho intramolecular Hbond substituents is 2. The Morgan fingerprint density at radius 1 is 1.20 bits per heavy atom. The molecule has 2 atom stereocenters. The van der Waals surface area contributed by atoms with Crippen molar-refractivity contribution in [1.82, 2.24) is 0 Å². The highest BCUT2D eigenvalue weighted by molar-refractivity contribution is 5.50. The van der Waals surface area contributed by atoms with Crippen LogP contribution in [0.15, 0.2) is 12.1 Å². The molecule has 0 amide bonds. The van der Waals surface area contributed by atoms with Gasteiger partial charge in [0.05, 0.1) is 12.2 Å². The quantitative estimate of drug-likeness (QED) is 0.742. The number of benzene rings is 1. The zero-order valence-electron chi connectivity index (χ0n) is 11.7. The molecule has 1 aromatic rings.